The molecule has 0 saturated carbocycles. The molecule has 0 fully saturated rings. The molecule has 2 aromatic carbocycles. The van der Waals surface area contributed by atoms with Gasteiger partial charge in [-0.05, 0) is 54.3 Å². The van der Waals surface area contributed by atoms with Crippen LogP contribution in [0, 0.1) is 18.6 Å². The van der Waals surface area contributed by atoms with Crippen molar-refractivity contribution in [1.82, 2.24) is 4.98 Å². The molecule has 3 aromatic rings. The van der Waals surface area contributed by atoms with E-state index in [4.69, 9.17) is 20.3 Å². The number of hydrogen-bond donors (Lipinski definition) is 2. The lowest BCUT2D eigenvalue weighted by molar-refractivity contribution is -0.144. The Morgan fingerprint density at radius 3 is 2.53 bits per heavy atom. The van der Waals surface area contributed by atoms with Crippen molar-refractivity contribution >= 4 is 5.97 Å². The quantitative estimate of drug-likeness (QED) is 0.594. The van der Waals surface area contributed by atoms with Gasteiger partial charge in [0.25, 0.3) is 11.8 Å². The predicted molar refractivity (Wildman–Crippen MR) is 106 cm³/mol. The first-order valence-corrected chi connectivity index (χ1v) is 9.11. The summed E-state index contributed by atoms with van der Waals surface area (Å²) >= 11 is 0. The van der Waals surface area contributed by atoms with Crippen molar-refractivity contribution in [1.29, 1.82) is 0 Å². The average molecular weight is 414 g/mol. The summed E-state index contributed by atoms with van der Waals surface area (Å²) in [6.45, 7) is 3.45. The molecule has 0 aliphatic heterocycles. The molecule has 0 saturated heterocycles. The highest BCUT2D eigenvalue weighted by molar-refractivity contribution is 5.72. The summed E-state index contributed by atoms with van der Waals surface area (Å²) in [5, 5.41) is 8.91. The molecule has 0 spiro atoms. The number of nitrogens with zero attached hydrogens (tertiary/aromatic N) is 1. The number of pyridine rings is 1. The zero-order valence-corrected chi connectivity index (χ0v) is 16.4. The minimum absolute atomic E-state index is 0.276. The molecule has 0 amide bonds. The first-order valence-electron chi connectivity index (χ1n) is 9.11. The number of nitrogens with two attached hydrogens (primary N) is 1. The lowest BCUT2D eigenvalue weighted by atomic mass is 10.0. The molecule has 6 nitrogen and oxygen atoms in total. The van der Waals surface area contributed by atoms with Gasteiger partial charge in [0.15, 0.2) is 17.7 Å². The molecule has 30 heavy (non-hydrogen) atoms. The monoisotopic (exact) mass is 414 g/mol. The van der Waals surface area contributed by atoms with Crippen LogP contribution >= 0.6 is 0 Å². The first kappa shape index (κ1) is 21.2. The third-order valence-electron chi connectivity index (χ3n) is 4.26. The second-order valence-corrected chi connectivity index (χ2v) is 6.70. The molecule has 1 heterocycles. The summed E-state index contributed by atoms with van der Waals surface area (Å²) in [6, 6.07) is 13.5. The van der Waals surface area contributed by atoms with E-state index in [0.717, 1.165) is 22.3 Å². The standard InChI is InChI=1S/C22H20F2N2O4/c1-12-6-16(15-5-3-4-14(8-15)11-25)9-17(7-12)30-21-19(24)10-18(23)20(26-21)29-13(2)22(27)28/h3-10,13H,11,25H2,1-2H3,(H,27,28)/t13-/m1/s1. The highest BCUT2D eigenvalue weighted by Crippen LogP contribution is 2.31. The van der Waals surface area contributed by atoms with Gasteiger partial charge in [0, 0.05) is 12.6 Å². The number of aryl methyl sites for hydroxylation is 1. The summed E-state index contributed by atoms with van der Waals surface area (Å²) < 4.78 is 38.6. The smallest absolute Gasteiger partial charge is 0.344 e. The van der Waals surface area contributed by atoms with Gasteiger partial charge in [-0.2, -0.15) is 4.98 Å². The summed E-state index contributed by atoms with van der Waals surface area (Å²) in [4.78, 5) is 14.6. The van der Waals surface area contributed by atoms with Gasteiger partial charge in [-0.15, -0.1) is 0 Å². The molecule has 0 aliphatic carbocycles. The number of aliphatic carboxylic acids is 1. The molecule has 0 aliphatic rings. The van der Waals surface area contributed by atoms with Crippen LogP contribution in [-0.2, 0) is 11.3 Å². The van der Waals surface area contributed by atoms with Crippen LogP contribution in [0.1, 0.15) is 18.1 Å². The minimum Gasteiger partial charge on any atom is -0.479 e. The van der Waals surface area contributed by atoms with Crippen LogP contribution in [0.25, 0.3) is 11.1 Å². The van der Waals surface area contributed by atoms with E-state index in [-0.39, 0.29) is 5.75 Å². The summed E-state index contributed by atoms with van der Waals surface area (Å²) in [6.07, 6.45) is -1.37. The molecule has 0 bridgehead atoms. The maximum Gasteiger partial charge on any atom is 0.344 e. The van der Waals surface area contributed by atoms with Crippen molar-refractivity contribution in [3.05, 3.63) is 71.3 Å². The van der Waals surface area contributed by atoms with Gasteiger partial charge in [0.2, 0.25) is 0 Å². The topological polar surface area (TPSA) is 94.7 Å². The number of ether oxygens (including phenoxy) is 2. The number of aromatic nitrogens is 1. The van der Waals surface area contributed by atoms with Crippen LogP contribution in [0.2, 0.25) is 0 Å². The molecule has 8 heteroatoms. The van der Waals surface area contributed by atoms with Crippen molar-refractivity contribution in [3.8, 4) is 28.6 Å². The fraction of sp³-hybridized carbons (Fsp3) is 0.182. The summed E-state index contributed by atoms with van der Waals surface area (Å²) in [7, 11) is 0. The van der Waals surface area contributed by atoms with Gasteiger partial charge in [0.1, 0.15) is 5.75 Å². The normalized spacial score (nSPS) is 11.8. The maximum absolute atomic E-state index is 14.2. The molecule has 1 aromatic heterocycles. The predicted octanol–water partition coefficient (Wildman–Crippen LogP) is 4.44. The van der Waals surface area contributed by atoms with Gasteiger partial charge in [-0.25, -0.2) is 13.6 Å². The Labute approximate surface area is 171 Å². The number of rotatable bonds is 7. The van der Waals surface area contributed by atoms with Crippen LogP contribution in [0.3, 0.4) is 0 Å². The zero-order chi connectivity index (χ0) is 21.8. The van der Waals surface area contributed by atoms with E-state index in [1.54, 1.807) is 12.1 Å². The van der Waals surface area contributed by atoms with E-state index in [9.17, 15) is 13.6 Å². The number of carboxylic acids is 1. The third-order valence-corrected chi connectivity index (χ3v) is 4.26. The highest BCUT2D eigenvalue weighted by Gasteiger charge is 2.20. The van der Waals surface area contributed by atoms with Gasteiger partial charge in [-0.3, -0.25) is 0 Å². The number of halogens is 2. The molecular formula is C22H20F2N2O4. The number of benzene rings is 2. The number of carbonyl (C=O) groups is 1. The highest BCUT2D eigenvalue weighted by atomic mass is 19.1. The van der Waals surface area contributed by atoms with Crippen LogP contribution < -0.4 is 15.2 Å². The molecule has 156 valence electrons. The van der Waals surface area contributed by atoms with Crippen LogP contribution in [-0.4, -0.2) is 22.2 Å². The molecule has 3 N–H and O–H groups in total. The Balaban J connectivity index is 1.94. The second-order valence-electron chi connectivity index (χ2n) is 6.70. The van der Waals surface area contributed by atoms with E-state index < -0.39 is 35.5 Å². The van der Waals surface area contributed by atoms with Crippen molar-refractivity contribution < 1.29 is 28.2 Å². The van der Waals surface area contributed by atoms with E-state index in [0.29, 0.717) is 12.6 Å². The van der Waals surface area contributed by atoms with Crippen LogP contribution in [0.15, 0.2) is 48.5 Å². The Hall–Kier alpha value is -3.52. The van der Waals surface area contributed by atoms with Gasteiger partial charge >= 0.3 is 5.97 Å². The molecule has 0 unspecified atom stereocenters. The summed E-state index contributed by atoms with van der Waals surface area (Å²) in [5.41, 5.74) is 9.22. The lowest BCUT2D eigenvalue weighted by Crippen LogP contribution is -2.24. The first-order chi connectivity index (χ1) is 14.3. The summed E-state index contributed by atoms with van der Waals surface area (Å²) in [5.74, 6) is -4.40. The Bertz CT molecular complexity index is 1090. The van der Waals surface area contributed by atoms with Crippen molar-refractivity contribution in [2.45, 2.75) is 26.5 Å². The number of hydrogen-bond acceptors (Lipinski definition) is 5. The van der Waals surface area contributed by atoms with Crippen molar-refractivity contribution in [2.75, 3.05) is 0 Å². The second kappa shape index (κ2) is 8.87. The molecule has 1 atom stereocenters. The van der Waals surface area contributed by atoms with Gasteiger partial charge in [0.05, 0.1) is 0 Å². The Kier molecular flexibility index (Phi) is 6.27. The van der Waals surface area contributed by atoms with Crippen molar-refractivity contribution in [2.24, 2.45) is 5.73 Å². The lowest BCUT2D eigenvalue weighted by Gasteiger charge is -2.13. The van der Waals surface area contributed by atoms with E-state index in [1.165, 1.54) is 6.92 Å². The molecular weight excluding hydrogens is 394 g/mol. The maximum atomic E-state index is 14.2. The minimum atomic E-state index is -1.37. The third kappa shape index (κ3) is 4.90. The van der Waals surface area contributed by atoms with Crippen molar-refractivity contribution in [3.63, 3.8) is 0 Å². The van der Waals surface area contributed by atoms with Gasteiger partial charge in [-0.1, -0.05) is 24.3 Å². The molecule has 3 rings (SSSR count). The van der Waals surface area contributed by atoms with E-state index >= 15 is 0 Å². The van der Waals surface area contributed by atoms with E-state index in [2.05, 4.69) is 4.98 Å². The number of carboxylic acid groups (broad SMARTS) is 1. The Morgan fingerprint density at radius 1 is 1.10 bits per heavy atom. The Morgan fingerprint density at radius 2 is 1.83 bits per heavy atom. The largest absolute Gasteiger partial charge is 0.479 e. The van der Waals surface area contributed by atoms with E-state index in [1.807, 2.05) is 37.3 Å². The zero-order valence-electron chi connectivity index (χ0n) is 16.4. The molecule has 0 radical (unpaired) electrons. The average Bonchev–Trinajstić information content (AvgIpc) is 2.71. The van der Waals surface area contributed by atoms with Crippen LogP contribution in [0.4, 0.5) is 8.78 Å². The fourth-order valence-corrected chi connectivity index (χ4v) is 2.77. The van der Waals surface area contributed by atoms with Gasteiger partial charge < -0.3 is 20.3 Å². The fourth-order valence-electron chi connectivity index (χ4n) is 2.77. The van der Waals surface area contributed by atoms with Crippen LogP contribution in [0.5, 0.6) is 17.5 Å². The SMILES string of the molecule is Cc1cc(Oc2nc(O[C@H](C)C(=O)O)c(F)cc2F)cc(-c2cccc(CN)c2)c1.